The van der Waals surface area contributed by atoms with Crippen molar-refractivity contribution in [2.75, 3.05) is 18.4 Å². The number of halogens is 1. The van der Waals surface area contributed by atoms with E-state index in [9.17, 15) is 14.4 Å². The molecule has 11 heteroatoms. The Morgan fingerprint density at radius 2 is 1.80 bits per heavy atom. The summed E-state index contributed by atoms with van der Waals surface area (Å²) in [5.74, 6) is 0.633. The third-order valence-corrected chi connectivity index (χ3v) is 8.41. The molecule has 10 nitrogen and oxygen atoms in total. The van der Waals surface area contributed by atoms with Crippen LogP contribution in [0.1, 0.15) is 60.1 Å². The summed E-state index contributed by atoms with van der Waals surface area (Å²) in [5, 5.41) is 10.7. The van der Waals surface area contributed by atoms with E-state index in [1.165, 1.54) is 0 Å². The normalized spacial score (nSPS) is 23.9. The predicted octanol–water partition coefficient (Wildman–Crippen LogP) is 4.52. The van der Waals surface area contributed by atoms with E-state index >= 15 is 0 Å². The number of rotatable bonds is 5. The van der Waals surface area contributed by atoms with Crippen molar-refractivity contribution in [3.05, 3.63) is 29.2 Å². The van der Waals surface area contributed by atoms with Crippen LogP contribution in [-0.2, 0) is 27.3 Å². The van der Waals surface area contributed by atoms with Crippen molar-refractivity contribution < 1.29 is 19.1 Å². The zero-order valence-electron chi connectivity index (χ0n) is 24.1. The maximum absolute atomic E-state index is 13.2. The Morgan fingerprint density at radius 3 is 2.45 bits per heavy atom. The number of amides is 3. The topological polar surface area (TPSA) is 118 Å². The Hall–Kier alpha value is -3.14. The van der Waals surface area contributed by atoms with Crippen LogP contribution >= 0.6 is 11.6 Å². The van der Waals surface area contributed by atoms with E-state index in [1.807, 2.05) is 16.9 Å². The molecule has 216 valence electrons. The van der Waals surface area contributed by atoms with Gasteiger partial charge in [-0.05, 0) is 70.3 Å². The van der Waals surface area contributed by atoms with Crippen molar-refractivity contribution in [3.63, 3.8) is 0 Å². The molecule has 0 spiro atoms. The van der Waals surface area contributed by atoms with Crippen LogP contribution < -0.4 is 10.6 Å². The molecular formula is C29H39ClN6O4. The Morgan fingerprint density at radius 1 is 1.12 bits per heavy atom. The van der Waals surface area contributed by atoms with E-state index in [0.717, 1.165) is 29.8 Å². The summed E-state index contributed by atoms with van der Waals surface area (Å²) in [4.78, 5) is 44.4. The fourth-order valence-electron chi connectivity index (χ4n) is 6.33. The number of ether oxygens (including phenoxy) is 1. The third-order valence-electron chi connectivity index (χ3n) is 8.11. The van der Waals surface area contributed by atoms with Gasteiger partial charge in [0.1, 0.15) is 17.5 Å². The lowest BCUT2D eigenvalue weighted by Gasteiger charge is -2.25. The smallest absolute Gasteiger partial charge is 0.408 e. The Kier molecular flexibility index (Phi) is 7.35. The van der Waals surface area contributed by atoms with Crippen molar-refractivity contribution in [3.8, 4) is 11.1 Å². The van der Waals surface area contributed by atoms with Crippen LogP contribution in [0.4, 0.5) is 10.6 Å². The molecule has 2 aromatic rings. The standard InChI is InChI=1S/C29H39ClN6O4/c1-16(33-27(39)40-28(2,3)4)26(38)35-13-18-7-17(8-19(18)14-35)25(37)34-24-9-20(22(30)12-31-24)21-11-32-36-15-29(5,6)10-23(21)36/h9,11-12,16-19H,7-8,10,13-15H2,1-6H3,(H,33,39)(H,31,34,37)/t16-,17?,18-,19+/m0/s1. The highest BCUT2D eigenvalue weighted by Crippen LogP contribution is 2.43. The van der Waals surface area contributed by atoms with Gasteiger partial charge in [-0.25, -0.2) is 9.78 Å². The van der Waals surface area contributed by atoms with Crippen LogP contribution in [0.3, 0.4) is 0 Å². The van der Waals surface area contributed by atoms with Gasteiger partial charge in [-0.3, -0.25) is 14.3 Å². The molecule has 2 aromatic heterocycles. The average molecular weight is 571 g/mol. The number of pyridine rings is 1. The monoisotopic (exact) mass is 570 g/mol. The van der Waals surface area contributed by atoms with E-state index in [-0.39, 0.29) is 35.0 Å². The van der Waals surface area contributed by atoms with Gasteiger partial charge < -0.3 is 20.3 Å². The van der Waals surface area contributed by atoms with Gasteiger partial charge in [0.05, 0.1) is 11.2 Å². The number of nitrogens with zero attached hydrogens (tertiary/aromatic N) is 4. The second-order valence-electron chi connectivity index (χ2n) is 13.3. The molecule has 2 fully saturated rings. The number of fused-ring (bicyclic) bond motifs is 2. The molecule has 3 aliphatic rings. The van der Waals surface area contributed by atoms with Crippen LogP contribution in [0.2, 0.25) is 5.02 Å². The minimum Gasteiger partial charge on any atom is -0.444 e. The summed E-state index contributed by atoms with van der Waals surface area (Å²) in [6.45, 7) is 13.5. The summed E-state index contributed by atoms with van der Waals surface area (Å²) >= 11 is 6.53. The predicted molar refractivity (Wildman–Crippen MR) is 152 cm³/mol. The summed E-state index contributed by atoms with van der Waals surface area (Å²) in [7, 11) is 0. The molecule has 2 N–H and O–H groups in total. The zero-order chi connectivity index (χ0) is 29.0. The van der Waals surface area contributed by atoms with Gasteiger partial charge in [0.25, 0.3) is 0 Å². The maximum Gasteiger partial charge on any atom is 0.408 e. The first-order valence-electron chi connectivity index (χ1n) is 14.0. The van der Waals surface area contributed by atoms with Gasteiger partial charge in [0.15, 0.2) is 0 Å². The molecule has 1 saturated carbocycles. The lowest BCUT2D eigenvalue weighted by Crippen LogP contribution is -2.47. The first-order chi connectivity index (χ1) is 18.7. The first-order valence-corrected chi connectivity index (χ1v) is 14.4. The van der Waals surface area contributed by atoms with Crippen molar-refractivity contribution in [2.24, 2.45) is 23.2 Å². The van der Waals surface area contributed by atoms with E-state index in [1.54, 1.807) is 38.8 Å². The van der Waals surface area contributed by atoms with E-state index in [4.69, 9.17) is 16.3 Å². The SMILES string of the molecule is C[C@H](NC(=O)OC(C)(C)C)C(=O)N1C[C@H]2CC(C(=O)Nc3cc(-c4cnn5c4CC(C)(C)C5)c(Cl)cn3)C[C@H]2C1. The second-order valence-corrected chi connectivity index (χ2v) is 13.7. The number of nitrogens with one attached hydrogen (secondary N) is 2. The molecule has 2 aliphatic heterocycles. The fourth-order valence-corrected chi connectivity index (χ4v) is 6.53. The Bertz CT molecular complexity index is 1320. The molecule has 40 heavy (non-hydrogen) atoms. The Balaban J connectivity index is 1.17. The number of carbonyl (C=O) groups excluding carboxylic acids is 3. The quantitative estimate of drug-likeness (QED) is 0.546. The molecule has 1 aliphatic carbocycles. The molecule has 3 amide bonds. The van der Waals surface area contributed by atoms with Crippen molar-refractivity contribution in [1.29, 1.82) is 0 Å². The molecule has 0 bridgehead atoms. The minimum atomic E-state index is -0.679. The van der Waals surface area contributed by atoms with Crippen LogP contribution in [0, 0.1) is 23.2 Å². The van der Waals surface area contributed by atoms with Gasteiger partial charge in [0, 0.05) is 48.6 Å². The summed E-state index contributed by atoms with van der Waals surface area (Å²) in [6.07, 6.45) is 5.14. The summed E-state index contributed by atoms with van der Waals surface area (Å²) in [5.41, 5.74) is 2.45. The van der Waals surface area contributed by atoms with Gasteiger partial charge >= 0.3 is 6.09 Å². The van der Waals surface area contributed by atoms with Gasteiger partial charge in [0.2, 0.25) is 11.8 Å². The Labute approximate surface area is 240 Å². The molecule has 1 unspecified atom stereocenters. The number of likely N-dealkylation sites (tertiary alicyclic amines) is 1. The molecule has 0 radical (unpaired) electrons. The molecule has 4 heterocycles. The van der Waals surface area contributed by atoms with E-state index in [2.05, 4.69) is 34.6 Å². The van der Waals surface area contributed by atoms with E-state index in [0.29, 0.717) is 36.8 Å². The number of alkyl carbamates (subject to hydrolysis) is 1. The highest BCUT2D eigenvalue weighted by atomic mass is 35.5. The highest BCUT2D eigenvalue weighted by molar-refractivity contribution is 6.33. The first kappa shape index (κ1) is 28.4. The number of hydrogen-bond acceptors (Lipinski definition) is 6. The largest absolute Gasteiger partial charge is 0.444 e. The maximum atomic E-state index is 13.2. The average Bonchev–Trinajstić information content (AvgIpc) is 3.57. The second kappa shape index (κ2) is 10.4. The van der Waals surface area contributed by atoms with Gasteiger partial charge in [-0.2, -0.15) is 5.10 Å². The number of aromatic nitrogens is 3. The zero-order valence-corrected chi connectivity index (χ0v) is 24.8. The molecule has 1 saturated heterocycles. The summed E-state index contributed by atoms with van der Waals surface area (Å²) < 4.78 is 7.30. The summed E-state index contributed by atoms with van der Waals surface area (Å²) in [6, 6.07) is 1.15. The minimum absolute atomic E-state index is 0.0608. The van der Waals surface area contributed by atoms with Gasteiger partial charge in [-0.1, -0.05) is 25.4 Å². The number of anilines is 1. The molecule has 4 atom stereocenters. The number of carbonyl (C=O) groups is 3. The van der Waals surface area contributed by atoms with Crippen LogP contribution in [-0.4, -0.2) is 62.3 Å². The fraction of sp³-hybridized carbons (Fsp3) is 0.621. The highest BCUT2D eigenvalue weighted by Gasteiger charge is 2.45. The van der Waals surface area contributed by atoms with Crippen molar-refractivity contribution in [2.45, 2.75) is 79.0 Å². The molecular weight excluding hydrogens is 532 g/mol. The molecule has 5 rings (SSSR count). The third kappa shape index (κ3) is 5.96. The van der Waals surface area contributed by atoms with E-state index < -0.39 is 17.7 Å². The molecule has 0 aromatic carbocycles. The van der Waals surface area contributed by atoms with Crippen LogP contribution in [0.25, 0.3) is 11.1 Å². The van der Waals surface area contributed by atoms with Gasteiger partial charge in [-0.15, -0.1) is 0 Å². The number of hydrogen-bond donors (Lipinski definition) is 2. The van der Waals surface area contributed by atoms with Crippen molar-refractivity contribution in [1.82, 2.24) is 25.0 Å². The van der Waals surface area contributed by atoms with Crippen LogP contribution in [0.15, 0.2) is 18.5 Å². The lowest BCUT2D eigenvalue weighted by molar-refractivity contribution is -0.132. The van der Waals surface area contributed by atoms with Crippen LogP contribution in [0.5, 0.6) is 0 Å². The van der Waals surface area contributed by atoms with Crippen molar-refractivity contribution >= 4 is 35.3 Å². The lowest BCUT2D eigenvalue weighted by atomic mass is 9.89.